The van der Waals surface area contributed by atoms with Crippen LogP contribution in [0.5, 0.6) is 0 Å². The summed E-state index contributed by atoms with van der Waals surface area (Å²) in [6, 6.07) is 14.5. The molecule has 1 amide bonds. The lowest BCUT2D eigenvalue weighted by atomic mass is 9.92. The lowest BCUT2D eigenvalue weighted by molar-refractivity contribution is -0.140. The first-order valence-electron chi connectivity index (χ1n) is 11.2. The molecule has 0 spiro atoms. The zero-order valence-corrected chi connectivity index (χ0v) is 21.2. The molecule has 1 aliphatic heterocycles. The Morgan fingerprint density at radius 1 is 1.16 bits per heavy atom. The van der Waals surface area contributed by atoms with Crippen LogP contribution in [0.25, 0.3) is 11.1 Å². The number of primary sulfonamides is 1. The van der Waals surface area contributed by atoms with Gasteiger partial charge in [0.25, 0.3) is 5.91 Å². The van der Waals surface area contributed by atoms with E-state index in [4.69, 9.17) is 27.3 Å². The van der Waals surface area contributed by atoms with Crippen molar-refractivity contribution < 1.29 is 18.0 Å². The zero-order chi connectivity index (χ0) is 26.9. The Balaban J connectivity index is 1.39. The number of nitrogens with two attached hydrogens (primary N) is 2. The summed E-state index contributed by atoms with van der Waals surface area (Å²) in [5.74, 6) is -0.295. The highest BCUT2D eigenvalue weighted by molar-refractivity contribution is 7.89. The summed E-state index contributed by atoms with van der Waals surface area (Å²) in [4.78, 5) is 27.5. The van der Waals surface area contributed by atoms with Gasteiger partial charge in [-0.3, -0.25) is 4.79 Å². The number of amides is 1. The van der Waals surface area contributed by atoms with Gasteiger partial charge >= 0.3 is 0 Å². The molecular formula is C24H21ClN8O4S. The predicted molar refractivity (Wildman–Crippen MR) is 141 cm³/mol. The molecule has 194 valence electrons. The number of anilines is 2. The van der Waals surface area contributed by atoms with Crippen molar-refractivity contribution in [1.29, 1.82) is 0 Å². The zero-order valence-electron chi connectivity index (χ0n) is 19.7. The highest BCUT2D eigenvalue weighted by atomic mass is 35.5. The summed E-state index contributed by atoms with van der Waals surface area (Å²) in [7, 11) is -3.94. The van der Waals surface area contributed by atoms with Crippen LogP contribution < -0.4 is 16.2 Å². The van der Waals surface area contributed by atoms with Crippen LogP contribution in [0.1, 0.15) is 12.0 Å². The highest BCUT2D eigenvalue weighted by Crippen LogP contribution is 2.32. The van der Waals surface area contributed by atoms with Gasteiger partial charge in [-0.2, -0.15) is 5.10 Å². The SMILES string of the molecule is Nc1cc(C2=NO[C@](Cn3cncn3)(C(=O)Nc3ccc(-c4ccccc4S(N)(=O)=O)cn3)C2)ccc1Cl. The summed E-state index contributed by atoms with van der Waals surface area (Å²) >= 11 is 6.04. The molecule has 0 saturated heterocycles. The van der Waals surface area contributed by atoms with Crippen LogP contribution in [0, 0.1) is 0 Å². The standard InChI is InChI=1S/C24H21ClN8O4S/c25-18-7-5-15(9-19(18)26)20-10-24(37-32-20,12-33-14-28-13-30-33)23(34)31-22-8-6-16(11-29-22)17-3-1-2-4-21(17)38(27,35)36/h1-9,11,13-14H,10,12,26H2,(H2,27,35,36)(H,29,31,34)/t24-/m1/s1. The Morgan fingerprint density at radius 2 is 1.95 bits per heavy atom. The van der Waals surface area contributed by atoms with Crippen LogP contribution in [0.3, 0.4) is 0 Å². The van der Waals surface area contributed by atoms with Crippen LogP contribution in [-0.4, -0.2) is 45.4 Å². The minimum absolute atomic E-state index is 0.0225. The number of rotatable bonds is 7. The van der Waals surface area contributed by atoms with Crippen molar-refractivity contribution >= 4 is 44.7 Å². The average molecular weight is 553 g/mol. The summed E-state index contributed by atoms with van der Waals surface area (Å²) in [5, 5.41) is 16.8. The van der Waals surface area contributed by atoms with Gasteiger partial charge in [-0.25, -0.2) is 28.2 Å². The minimum Gasteiger partial charge on any atom is -0.398 e. The molecule has 0 aliphatic carbocycles. The quantitative estimate of drug-likeness (QED) is 0.292. The molecule has 2 aromatic carbocycles. The van der Waals surface area contributed by atoms with E-state index >= 15 is 0 Å². The molecule has 5 N–H and O–H groups in total. The molecule has 0 bridgehead atoms. The number of benzene rings is 2. The number of nitrogens with zero attached hydrogens (tertiary/aromatic N) is 5. The second kappa shape index (κ2) is 9.85. The monoisotopic (exact) mass is 552 g/mol. The molecular weight excluding hydrogens is 532 g/mol. The summed E-state index contributed by atoms with van der Waals surface area (Å²) in [6.07, 6.45) is 4.37. The molecule has 0 unspecified atom stereocenters. The second-order valence-corrected chi connectivity index (χ2v) is 10.5. The third kappa shape index (κ3) is 5.07. The van der Waals surface area contributed by atoms with E-state index in [1.807, 2.05) is 0 Å². The van der Waals surface area contributed by atoms with Crippen molar-refractivity contribution in [2.24, 2.45) is 10.3 Å². The Morgan fingerprint density at radius 3 is 2.63 bits per heavy atom. The summed E-state index contributed by atoms with van der Waals surface area (Å²) in [5.41, 5.74) is 6.92. The molecule has 0 radical (unpaired) electrons. The molecule has 1 aliphatic rings. The number of hydrogen-bond donors (Lipinski definition) is 3. The van der Waals surface area contributed by atoms with Gasteiger partial charge in [0.15, 0.2) is 0 Å². The van der Waals surface area contributed by atoms with Gasteiger partial charge in [-0.05, 0) is 30.3 Å². The van der Waals surface area contributed by atoms with E-state index < -0.39 is 21.5 Å². The van der Waals surface area contributed by atoms with Crippen molar-refractivity contribution in [2.75, 3.05) is 11.1 Å². The lowest BCUT2D eigenvalue weighted by Crippen LogP contribution is -2.47. The van der Waals surface area contributed by atoms with Gasteiger partial charge in [0.2, 0.25) is 15.6 Å². The van der Waals surface area contributed by atoms with E-state index in [2.05, 4.69) is 25.5 Å². The Kier molecular flexibility index (Phi) is 6.57. The van der Waals surface area contributed by atoms with E-state index in [0.717, 1.165) is 0 Å². The molecule has 1 atom stereocenters. The number of pyridine rings is 1. The average Bonchev–Trinajstić information content (AvgIpc) is 3.57. The van der Waals surface area contributed by atoms with Crippen molar-refractivity contribution in [2.45, 2.75) is 23.5 Å². The van der Waals surface area contributed by atoms with E-state index in [1.165, 1.54) is 29.6 Å². The number of hydrogen-bond acceptors (Lipinski definition) is 9. The topological polar surface area (TPSA) is 180 Å². The van der Waals surface area contributed by atoms with Crippen LogP contribution in [-0.2, 0) is 26.2 Å². The molecule has 0 saturated carbocycles. The Hall–Kier alpha value is -4.33. The number of nitrogen functional groups attached to an aromatic ring is 1. The summed E-state index contributed by atoms with van der Waals surface area (Å²) in [6.45, 7) is 0.0225. The number of aromatic nitrogens is 4. The molecule has 2 aromatic heterocycles. The van der Waals surface area contributed by atoms with Crippen molar-refractivity contribution in [1.82, 2.24) is 19.7 Å². The fourth-order valence-electron chi connectivity index (χ4n) is 4.02. The largest absolute Gasteiger partial charge is 0.398 e. The molecule has 38 heavy (non-hydrogen) atoms. The Labute approximate surface area is 222 Å². The van der Waals surface area contributed by atoms with Gasteiger partial charge in [-0.15, -0.1) is 0 Å². The number of oxime groups is 1. The van der Waals surface area contributed by atoms with E-state index in [-0.39, 0.29) is 23.7 Å². The Bertz CT molecular complexity index is 1640. The van der Waals surface area contributed by atoms with Gasteiger partial charge in [0, 0.05) is 29.3 Å². The molecule has 0 fully saturated rings. The molecule has 5 rings (SSSR count). The number of nitrogens with one attached hydrogen (secondary N) is 1. The van der Waals surface area contributed by atoms with E-state index in [9.17, 15) is 13.2 Å². The summed E-state index contributed by atoms with van der Waals surface area (Å²) < 4.78 is 25.4. The van der Waals surface area contributed by atoms with Crippen LogP contribution in [0.15, 0.2) is 83.5 Å². The molecule has 3 heterocycles. The molecule has 12 nitrogen and oxygen atoms in total. The minimum atomic E-state index is -3.94. The van der Waals surface area contributed by atoms with Gasteiger partial charge in [0.05, 0.1) is 27.9 Å². The number of halogens is 1. The van der Waals surface area contributed by atoms with E-state index in [1.54, 1.807) is 48.5 Å². The maximum Gasteiger partial charge on any atom is 0.274 e. The number of carbonyl (C=O) groups is 1. The molecule has 14 heteroatoms. The number of carbonyl (C=O) groups excluding carboxylic acids is 1. The normalized spacial score (nSPS) is 17.1. The maximum absolute atomic E-state index is 13.5. The number of sulfonamides is 1. The van der Waals surface area contributed by atoms with Gasteiger partial charge in [-0.1, -0.05) is 41.0 Å². The van der Waals surface area contributed by atoms with Gasteiger partial charge < -0.3 is 15.9 Å². The lowest BCUT2D eigenvalue weighted by Gasteiger charge is -2.25. The van der Waals surface area contributed by atoms with Crippen molar-refractivity contribution in [3.8, 4) is 11.1 Å². The van der Waals surface area contributed by atoms with Crippen LogP contribution in [0.4, 0.5) is 11.5 Å². The van der Waals surface area contributed by atoms with E-state index in [0.29, 0.717) is 33.1 Å². The fourth-order valence-corrected chi connectivity index (χ4v) is 4.90. The third-order valence-corrected chi connectivity index (χ3v) is 7.23. The van der Waals surface area contributed by atoms with Crippen LogP contribution in [0.2, 0.25) is 5.02 Å². The second-order valence-electron chi connectivity index (χ2n) is 8.56. The maximum atomic E-state index is 13.5. The first-order valence-corrected chi connectivity index (χ1v) is 13.1. The third-order valence-electron chi connectivity index (χ3n) is 5.92. The first kappa shape index (κ1) is 25.3. The van der Waals surface area contributed by atoms with Crippen molar-refractivity contribution in [3.63, 3.8) is 0 Å². The fraction of sp³-hybridized carbons (Fsp3) is 0.125. The van der Waals surface area contributed by atoms with Crippen molar-refractivity contribution in [3.05, 3.63) is 84.0 Å². The van der Waals surface area contributed by atoms with Crippen LogP contribution >= 0.6 is 11.6 Å². The highest BCUT2D eigenvalue weighted by Gasteiger charge is 2.48. The van der Waals surface area contributed by atoms with Gasteiger partial charge in [0.1, 0.15) is 18.5 Å². The predicted octanol–water partition coefficient (Wildman–Crippen LogP) is 2.43. The first-order chi connectivity index (χ1) is 18.1. The molecule has 4 aromatic rings. The smallest absolute Gasteiger partial charge is 0.274 e.